The van der Waals surface area contributed by atoms with Crippen LogP contribution in [0.5, 0.6) is 0 Å². The molecular weight excluding hydrogens is 256 g/mol. The molecule has 19 heavy (non-hydrogen) atoms. The van der Waals surface area contributed by atoms with Crippen molar-refractivity contribution in [2.24, 2.45) is 0 Å². The van der Waals surface area contributed by atoms with Gasteiger partial charge in [-0.2, -0.15) is 0 Å². The van der Waals surface area contributed by atoms with Crippen molar-refractivity contribution in [2.45, 2.75) is 6.54 Å². The van der Waals surface area contributed by atoms with Gasteiger partial charge in [-0.25, -0.2) is 0 Å². The van der Waals surface area contributed by atoms with Crippen LogP contribution in [-0.2, 0) is 6.54 Å². The number of aromatic nitrogens is 1. The quantitative estimate of drug-likeness (QED) is 0.743. The summed E-state index contributed by atoms with van der Waals surface area (Å²) >= 11 is 5.86. The molecule has 0 spiro atoms. The van der Waals surface area contributed by atoms with Crippen LogP contribution in [-0.4, -0.2) is 11.1 Å². The molecule has 3 heteroatoms. The van der Waals surface area contributed by atoms with E-state index in [1.807, 2.05) is 24.3 Å². The average molecular weight is 271 g/mol. The van der Waals surface area contributed by atoms with E-state index in [2.05, 4.69) is 46.4 Å². The van der Waals surface area contributed by atoms with Gasteiger partial charge in [-0.3, -0.25) is 0 Å². The van der Waals surface area contributed by atoms with E-state index in [4.69, 9.17) is 11.6 Å². The standard InChI is InChI=1S/C16H15ClN2/c17-14-5-7-15(8-6-14)18-10-12-19-11-9-13-3-1-2-4-16(13)19/h1-9,11,18H,10,12H2. The Morgan fingerprint density at radius 2 is 1.74 bits per heavy atom. The molecule has 0 aliphatic rings. The second-order valence-corrected chi connectivity index (χ2v) is 4.94. The van der Waals surface area contributed by atoms with Crippen LogP contribution in [0.4, 0.5) is 5.69 Å². The number of nitrogens with zero attached hydrogens (tertiary/aromatic N) is 1. The summed E-state index contributed by atoms with van der Waals surface area (Å²) in [7, 11) is 0. The summed E-state index contributed by atoms with van der Waals surface area (Å²) in [6, 6.07) is 18.4. The minimum absolute atomic E-state index is 0.766. The highest BCUT2D eigenvalue weighted by atomic mass is 35.5. The molecule has 0 unspecified atom stereocenters. The van der Waals surface area contributed by atoms with Crippen molar-refractivity contribution in [1.29, 1.82) is 0 Å². The average Bonchev–Trinajstić information content (AvgIpc) is 2.85. The Balaban J connectivity index is 1.65. The van der Waals surface area contributed by atoms with Crippen LogP contribution in [0.2, 0.25) is 5.02 Å². The molecule has 0 saturated carbocycles. The van der Waals surface area contributed by atoms with E-state index in [-0.39, 0.29) is 0 Å². The van der Waals surface area contributed by atoms with E-state index >= 15 is 0 Å². The fourth-order valence-electron chi connectivity index (χ4n) is 2.22. The Hall–Kier alpha value is -1.93. The number of hydrogen-bond acceptors (Lipinski definition) is 1. The Labute approximate surface area is 117 Å². The molecule has 0 bridgehead atoms. The van der Waals surface area contributed by atoms with E-state index in [0.717, 1.165) is 23.8 Å². The fourth-order valence-corrected chi connectivity index (χ4v) is 2.35. The third-order valence-electron chi connectivity index (χ3n) is 3.21. The van der Waals surface area contributed by atoms with Gasteiger partial charge in [0.05, 0.1) is 0 Å². The van der Waals surface area contributed by atoms with Crippen LogP contribution in [0.15, 0.2) is 60.8 Å². The molecular formula is C16H15ClN2. The SMILES string of the molecule is Clc1ccc(NCCn2ccc3ccccc32)cc1. The van der Waals surface area contributed by atoms with Crippen LogP contribution < -0.4 is 5.32 Å². The van der Waals surface area contributed by atoms with E-state index in [0.29, 0.717) is 0 Å². The fraction of sp³-hybridized carbons (Fsp3) is 0.125. The summed E-state index contributed by atoms with van der Waals surface area (Å²) in [6.45, 7) is 1.83. The van der Waals surface area contributed by atoms with Gasteiger partial charge in [0.25, 0.3) is 0 Å². The normalized spacial score (nSPS) is 10.8. The van der Waals surface area contributed by atoms with Crippen molar-refractivity contribution >= 4 is 28.2 Å². The lowest BCUT2D eigenvalue weighted by Crippen LogP contribution is -2.09. The predicted molar refractivity (Wildman–Crippen MR) is 81.9 cm³/mol. The number of anilines is 1. The topological polar surface area (TPSA) is 17.0 Å². The van der Waals surface area contributed by atoms with Gasteiger partial charge in [-0.15, -0.1) is 0 Å². The lowest BCUT2D eigenvalue weighted by atomic mass is 10.2. The van der Waals surface area contributed by atoms with E-state index < -0.39 is 0 Å². The van der Waals surface area contributed by atoms with Gasteiger partial charge in [0, 0.05) is 35.5 Å². The highest BCUT2D eigenvalue weighted by Gasteiger charge is 1.99. The molecule has 0 atom stereocenters. The minimum atomic E-state index is 0.766. The van der Waals surface area contributed by atoms with Gasteiger partial charge in [-0.1, -0.05) is 29.8 Å². The Morgan fingerprint density at radius 3 is 2.58 bits per heavy atom. The zero-order valence-electron chi connectivity index (χ0n) is 10.5. The number of hydrogen-bond donors (Lipinski definition) is 1. The summed E-state index contributed by atoms with van der Waals surface area (Å²) < 4.78 is 2.26. The van der Waals surface area contributed by atoms with Gasteiger partial charge in [0.2, 0.25) is 0 Å². The third-order valence-corrected chi connectivity index (χ3v) is 3.46. The Morgan fingerprint density at radius 1 is 0.947 bits per heavy atom. The van der Waals surface area contributed by atoms with Crippen molar-refractivity contribution in [3.8, 4) is 0 Å². The van der Waals surface area contributed by atoms with Crippen molar-refractivity contribution in [1.82, 2.24) is 4.57 Å². The van der Waals surface area contributed by atoms with E-state index in [9.17, 15) is 0 Å². The van der Waals surface area contributed by atoms with Crippen molar-refractivity contribution in [3.63, 3.8) is 0 Å². The molecule has 1 heterocycles. The van der Waals surface area contributed by atoms with Crippen LogP contribution in [0, 0.1) is 0 Å². The number of benzene rings is 2. The lowest BCUT2D eigenvalue weighted by Gasteiger charge is -2.08. The molecule has 1 aromatic heterocycles. The summed E-state index contributed by atoms with van der Waals surface area (Å²) in [5.74, 6) is 0. The number of para-hydroxylation sites is 1. The molecule has 0 radical (unpaired) electrons. The number of nitrogens with one attached hydrogen (secondary N) is 1. The van der Waals surface area contributed by atoms with Gasteiger partial charge in [0.1, 0.15) is 0 Å². The van der Waals surface area contributed by atoms with Crippen molar-refractivity contribution in [2.75, 3.05) is 11.9 Å². The summed E-state index contributed by atoms with van der Waals surface area (Å²) in [5.41, 5.74) is 2.38. The maximum atomic E-state index is 5.86. The molecule has 2 aromatic carbocycles. The molecule has 0 aliphatic carbocycles. The summed E-state index contributed by atoms with van der Waals surface area (Å²) in [5, 5.41) is 5.45. The van der Waals surface area contributed by atoms with Crippen molar-refractivity contribution in [3.05, 3.63) is 65.8 Å². The Kier molecular flexibility index (Phi) is 3.43. The van der Waals surface area contributed by atoms with Gasteiger partial charge >= 0.3 is 0 Å². The molecule has 0 fully saturated rings. The van der Waals surface area contributed by atoms with Crippen molar-refractivity contribution < 1.29 is 0 Å². The van der Waals surface area contributed by atoms with E-state index in [1.54, 1.807) is 0 Å². The van der Waals surface area contributed by atoms with Crippen LogP contribution in [0.25, 0.3) is 10.9 Å². The molecule has 3 aromatic rings. The Bertz CT molecular complexity index is 671. The molecule has 0 amide bonds. The summed E-state index contributed by atoms with van der Waals surface area (Å²) in [6.07, 6.45) is 2.13. The molecule has 96 valence electrons. The lowest BCUT2D eigenvalue weighted by molar-refractivity contribution is 0.757. The molecule has 3 rings (SSSR count). The highest BCUT2D eigenvalue weighted by Crippen LogP contribution is 2.16. The van der Waals surface area contributed by atoms with Gasteiger partial charge < -0.3 is 9.88 Å². The molecule has 0 saturated heterocycles. The first-order valence-electron chi connectivity index (χ1n) is 6.36. The molecule has 0 aliphatic heterocycles. The van der Waals surface area contributed by atoms with Gasteiger partial charge in [-0.05, 0) is 41.8 Å². The van der Waals surface area contributed by atoms with Crippen LogP contribution >= 0.6 is 11.6 Å². The molecule has 2 nitrogen and oxygen atoms in total. The zero-order chi connectivity index (χ0) is 13.1. The second kappa shape index (κ2) is 5.37. The second-order valence-electron chi connectivity index (χ2n) is 4.50. The number of fused-ring (bicyclic) bond motifs is 1. The maximum absolute atomic E-state index is 5.86. The predicted octanol–water partition coefficient (Wildman–Crippen LogP) is 4.41. The monoisotopic (exact) mass is 270 g/mol. The van der Waals surface area contributed by atoms with Crippen LogP contribution in [0.3, 0.4) is 0 Å². The largest absolute Gasteiger partial charge is 0.383 e. The van der Waals surface area contributed by atoms with Gasteiger partial charge in [0.15, 0.2) is 0 Å². The first kappa shape index (κ1) is 12.1. The molecule has 1 N–H and O–H groups in total. The van der Waals surface area contributed by atoms with Crippen LogP contribution in [0.1, 0.15) is 0 Å². The smallest absolute Gasteiger partial charge is 0.0480 e. The maximum Gasteiger partial charge on any atom is 0.0480 e. The van der Waals surface area contributed by atoms with E-state index in [1.165, 1.54) is 10.9 Å². The first-order chi connectivity index (χ1) is 9.33. The minimum Gasteiger partial charge on any atom is -0.383 e. The highest BCUT2D eigenvalue weighted by molar-refractivity contribution is 6.30. The third kappa shape index (κ3) is 2.74. The zero-order valence-corrected chi connectivity index (χ0v) is 11.3. The number of rotatable bonds is 4. The summed E-state index contributed by atoms with van der Waals surface area (Å²) in [4.78, 5) is 0. The first-order valence-corrected chi connectivity index (χ1v) is 6.74. The number of halogens is 1.